The lowest BCUT2D eigenvalue weighted by atomic mass is 9.91. The molecule has 1 aromatic carbocycles. The van der Waals surface area contributed by atoms with Crippen molar-refractivity contribution < 1.29 is 14.6 Å². The normalized spacial score (nSPS) is 15.8. The third-order valence-corrected chi connectivity index (χ3v) is 4.93. The summed E-state index contributed by atoms with van der Waals surface area (Å²) < 4.78 is 6.00. The van der Waals surface area contributed by atoms with E-state index in [4.69, 9.17) is 4.74 Å². The third-order valence-electron chi connectivity index (χ3n) is 4.93. The number of fused-ring (bicyclic) bond motifs is 1. The summed E-state index contributed by atoms with van der Waals surface area (Å²) in [5.74, 6) is -0.0348. The standard InChI is InChI=1S/C20H17N5O3/c21-13-17-18(24-9-8-23-17)25-10-5-20(6-11-25,19(26)27)28-15-3-4-16-14(12-15)2-1-7-22-16/h1-4,7-9,12H,5-6,10-11H2,(H,26,27). The van der Waals surface area contributed by atoms with Crippen molar-refractivity contribution in [2.45, 2.75) is 18.4 Å². The van der Waals surface area contributed by atoms with E-state index in [0.717, 1.165) is 10.9 Å². The van der Waals surface area contributed by atoms with Crippen LogP contribution in [0.25, 0.3) is 10.9 Å². The van der Waals surface area contributed by atoms with Crippen molar-refractivity contribution in [2.75, 3.05) is 18.0 Å². The maximum Gasteiger partial charge on any atom is 0.348 e. The fourth-order valence-corrected chi connectivity index (χ4v) is 3.42. The van der Waals surface area contributed by atoms with Crippen LogP contribution in [0, 0.1) is 11.3 Å². The molecule has 28 heavy (non-hydrogen) atoms. The first-order chi connectivity index (χ1) is 13.6. The first kappa shape index (κ1) is 17.7. The zero-order chi connectivity index (χ0) is 19.6. The zero-order valence-electron chi connectivity index (χ0n) is 14.9. The lowest BCUT2D eigenvalue weighted by Gasteiger charge is -2.39. The second-order valence-corrected chi connectivity index (χ2v) is 6.59. The first-order valence-electron chi connectivity index (χ1n) is 8.84. The predicted molar refractivity (Wildman–Crippen MR) is 101 cm³/mol. The predicted octanol–water partition coefficient (Wildman–Crippen LogP) is 2.40. The molecule has 0 spiro atoms. The van der Waals surface area contributed by atoms with Gasteiger partial charge in [0.2, 0.25) is 5.60 Å². The van der Waals surface area contributed by atoms with Crippen LogP contribution in [0.3, 0.4) is 0 Å². The highest BCUT2D eigenvalue weighted by molar-refractivity contribution is 5.81. The number of nitrogens with zero attached hydrogens (tertiary/aromatic N) is 5. The van der Waals surface area contributed by atoms with E-state index in [2.05, 4.69) is 15.0 Å². The Morgan fingerprint density at radius 2 is 1.93 bits per heavy atom. The molecule has 1 N–H and O–H groups in total. The lowest BCUT2D eigenvalue weighted by Crippen LogP contribution is -2.53. The summed E-state index contributed by atoms with van der Waals surface area (Å²) in [5.41, 5.74) is -0.282. The molecule has 0 unspecified atom stereocenters. The average molecular weight is 375 g/mol. The van der Waals surface area contributed by atoms with Gasteiger partial charge in [0.15, 0.2) is 11.5 Å². The van der Waals surface area contributed by atoms with Crippen LogP contribution in [0.15, 0.2) is 48.9 Å². The fraction of sp³-hybridized carbons (Fsp3) is 0.250. The third kappa shape index (κ3) is 3.18. The lowest BCUT2D eigenvalue weighted by molar-refractivity contribution is -0.157. The molecule has 140 valence electrons. The molecule has 0 bridgehead atoms. The molecule has 3 aromatic rings. The molecule has 4 rings (SSSR count). The van der Waals surface area contributed by atoms with Crippen molar-refractivity contribution in [1.82, 2.24) is 15.0 Å². The second kappa shape index (κ2) is 7.12. The highest BCUT2D eigenvalue weighted by Gasteiger charge is 2.44. The molecule has 1 aliphatic rings. The van der Waals surface area contributed by atoms with Crippen molar-refractivity contribution in [3.63, 3.8) is 0 Å². The van der Waals surface area contributed by atoms with Gasteiger partial charge in [0.05, 0.1) is 5.52 Å². The van der Waals surface area contributed by atoms with E-state index >= 15 is 0 Å². The highest BCUT2D eigenvalue weighted by atomic mass is 16.5. The van der Waals surface area contributed by atoms with Crippen LogP contribution in [-0.4, -0.2) is 44.7 Å². The van der Waals surface area contributed by atoms with Gasteiger partial charge in [0, 0.05) is 49.9 Å². The molecule has 0 saturated carbocycles. The van der Waals surface area contributed by atoms with Crippen LogP contribution in [0.4, 0.5) is 5.82 Å². The van der Waals surface area contributed by atoms with Gasteiger partial charge in [-0.3, -0.25) is 4.98 Å². The summed E-state index contributed by atoms with van der Waals surface area (Å²) in [6.45, 7) is 0.795. The monoisotopic (exact) mass is 375 g/mol. The van der Waals surface area contributed by atoms with E-state index in [1.165, 1.54) is 12.4 Å². The molecule has 0 atom stereocenters. The minimum atomic E-state index is -1.33. The zero-order valence-corrected chi connectivity index (χ0v) is 14.9. The number of aliphatic carboxylic acids is 1. The number of ether oxygens (including phenoxy) is 1. The van der Waals surface area contributed by atoms with E-state index in [9.17, 15) is 15.2 Å². The Morgan fingerprint density at radius 1 is 1.14 bits per heavy atom. The number of carboxylic acids is 1. The Kier molecular flexibility index (Phi) is 4.49. The molecule has 8 nitrogen and oxygen atoms in total. The van der Waals surface area contributed by atoms with E-state index < -0.39 is 11.6 Å². The molecule has 8 heteroatoms. The quantitative estimate of drug-likeness (QED) is 0.740. The Balaban J connectivity index is 1.56. The number of anilines is 1. The van der Waals surface area contributed by atoms with Gasteiger partial charge in [-0.05, 0) is 24.3 Å². The highest BCUT2D eigenvalue weighted by Crippen LogP contribution is 2.32. The number of carboxylic acid groups (broad SMARTS) is 1. The number of rotatable bonds is 4. The van der Waals surface area contributed by atoms with E-state index in [0.29, 0.717) is 24.7 Å². The molecule has 1 saturated heterocycles. The number of hydrogen-bond acceptors (Lipinski definition) is 7. The van der Waals surface area contributed by atoms with Gasteiger partial charge >= 0.3 is 5.97 Å². The SMILES string of the molecule is N#Cc1nccnc1N1CCC(Oc2ccc3ncccc3c2)(C(=O)O)CC1. The van der Waals surface area contributed by atoms with Crippen LogP contribution in [0.5, 0.6) is 5.75 Å². The van der Waals surface area contributed by atoms with Crippen molar-refractivity contribution in [2.24, 2.45) is 0 Å². The minimum Gasteiger partial charge on any atom is -0.478 e. The van der Waals surface area contributed by atoms with Gasteiger partial charge in [-0.2, -0.15) is 5.26 Å². The topological polar surface area (TPSA) is 112 Å². The van der Waals surface area contributed by atoms with Gasteiger partial charge in [0.1, 0.15) is 11.8 Å². The molecule has 2 aromatic heterocycles. The number of pyridine rings is 1. The van der Waals surface area contributed by atoms with Crippen LogP contribution in [0.1, 0.15) is 18.5 Å². The second-order valence-electron chi connectivity index (χ2n) is 6.59. The molecule has 0 radical (unpaired) electrons. The Morgan fingerprint density at radius 3 is 2.68 bits per heavy atom. The van der Waals surface area contributed by atoms with Crippen molar-refractivity contribution in [3.05, 3.63) is 54.6 Å². The number of nitriles is 1. The van der Waals surface area contributed by atoms with Gasteiger partial charge in [-0.15, -0.1) is 0 Å². The summed E-state index contributed by atoms with van der Waals surface area (Å²) in [6, 6.07) is 11.1. The molecular formula is C20H17N5O3. The number of aromatic nitrogens is 3. The molecule has 1 aliphatic heterocycles. The molecule has 3 heterocycles. The van der Waals surface area contributed by atoms with Gasteiger partial charge in [0.25, 0.3) is 0 Å². The van der Waals surface area contributed by atoms with Crippen LogP contribution < -0.4 is 9.64 Å². The van der Waals surface area contributed by atoms with Crippen molar-refractivity contribution in [3.8, 4) is 11.8 Å². The number of hydrogen-bond donors (Lipinski definition) is 1. The van der Waals surface area contributed by atoms with Gasteiger partial charge in [-0.1, -0.05) is 6.07 Å². The summed E-state index contributed by atoms with van der Waals surface area (Å²) in [6.07, 6.45) is 5.21. The van der Waals surface area contributed by atoms with Crippen LogP contribution in [-0.2, 0) is 4.79 Å². The minimum absolute atomic E-state index is 0.230. The average Bonchev–Trinajstić information content (AvgIpc) is 2.74. The largest absolute Gasteiger partial charge is 0.478 e. The van der Waals surface area contributed by atoms with Gasteiger partial charge < -0.3 is 14.7 Å². The molecular weight excluding hydrogens is 358 g/mol. The van der Waals surface area contributed by atoms with E-state index in [1.807, 2.05) is 29.2 Å². The maximum atomic E-state index is 12.1. The summed E-state index contributed by atoms with van der Waals surface area (Å²) in [5, 5.41) is 20.0. The first-order valence-corrected chi connectivity index (χ1v) is 8.84. The number of benzene rings is 1. The summed E-state index contributed by atoms with van der Waals surface area (Å²) in [4.78, 5) is 26.5. The van der Waals surface area contributed by atoms with Crippen molar-refractivity contribution >= 4 is 22.7 Å². The molecule has 0 aliphatic carbocycles. The Bertz CT molecular complexity index is 1070. The Hall–Kier alpha value is -3.73. The summed E-state index contributed by atoms with van der Waals surface area (Å²) in [7, 11) is 0. The number of carbonyl (C=O) groups is 1. The molecule has 0 amide bonds. The number of piperidine rings is 1. The van der Waals surface area contributed by atoms with E-state index in [1.54, 1.807) is 18.3 Å². The van der Waals surface area contributed by atoms with Crippen LogP contribution in [0.2, 0.25) is 0 Å². The van der Waals surface area contributed by atoms with Gasteiger partial charge in [-0.25, -0.2) is 14.8 Å². The smallest absolute Gasteiger partial charge is 0.348 e. The fourth-order valence-electron chi connectivity index (χ4n) is 3.42. The van der Waals surface area contributed by atoms with Crippen molar-refractivity contribution in [1.29, 1.82) is 5.26 Å². The molecule has 1 fully saturated rings. The Labute approximate surface area is 161 Å². The van der Waals surface area contributed by atoms with E-state index in [-0.39, 0.29) is 18.5 Å². The maximum absolute atomic E-state index is 12.1. The van der Waals surface area contributed by atoms with Crippen LogP contribution >= 0.6 is 0 Å². The summed E-state index contributed by atoms with van der Waals surface area (Å²) >= 11 is 0.